The predicted octanol–water partition coefficient (Wildman–Crippen LogP) is 0.0384. The molecule has 0 fully saturated rings. The molecular weight excluding hydrogens is 258 g/mol. The Balaban J connectivity index is 2.56. The highest BCUT2D eigenvalue weighted by atomic mass is 32.1. The molecule has 0 bridgehead atoms. The molecule has 0 saturated heterocycles. The molecule has 7 nitrogen and oxygen atoms in total. The highest BCUT2D eigenvalue weighted by Gasteiger charge is 2.21. The van der Waals surface area contributed by atoms with Gasteiger partial charge in [0.05, 0.1) is 24.4 Å². The van der Waals surface area contributed by atoms with Crippen LogP contribution in [0.4, 0.5) is 4.79 Å². The molecule has 0 saturated carbocycles. The molecule has 18 heavy (non-hydrogen) atoms. The van der Waals surface area contributed by atoms with E-state index in [4.69, 9.17) is 10.2 Å². The summed E-state index contributed by atoms with van der Waals surface area (Å²) < 4.78 is 0. The number of carbonyl (C=O) groups excluding carboxylic acids is 1. The second-order valence-corrected chi connectivity index (χ2v) is 4.68. The van der Waals surface area contributed by atoms with Gasteiger partial charge in [0.2, 0.25) is 0 Å². The first kappa shape index (κ1) is 14.4. The van der Waals surface area contributed by atoms with Crippen LogP contribution in [0.1, 0.15) is 10.6 Å². The number of thiazole rings is 1. The highest BCUT2D eigenvalue weighted by Crippen LogP contribution is 2.14. The van der Waals surface area contributed by atoms with Crippen LogP contribution in [-0.4, -0.2) is 51.8 Å². The number of hydrogen-bond donors (Lipinski definition) is 3. The van der Waals surface area contributed by atoms with Gasteiger partial charge in [-0.15, -0.1) is 11.3 Å². The summed E-state index contributed by atoms with van der Waals surface area (Å²) in [6.45, 7) is 1.54. The zero-order valence-corrected chi connectivity index (χ0v) is 10.9. The molecule has 0 aliphatic carbocycles. The van der Waals surface area contributed by atoms with Gasteiger partial charge in [-0.25, -0.2) is 14.6 Å². The van der Waals surface area contributed by atoms with E-state index < -0.39 is 24.6 Å². The fourth-order valence-electron chi connectivity index (χ4n) is 1.21. The Labute approximate surface area is 108 Å². The van der Waals surface area contributed by atoms with Crippen LogP contribution in [0.3, 0.4) is 0 Å². The number of carboxylic acid groups (broad SMARTS) is 1. The summed E-state index contributed by atoms with van der Waals surface area (Å²) in [4.78, 5) is 28.7. The number of aromatic nitrogens is 1. The van der Waals surface area contributed by atoms with Gasteiger partial charge in [0.1, 0.15) is 0 Å². The van der Waals surface area contributed by atoms with Crippen LogP contribution in [0.25, 0.3) is 0 Å². The van der Waals surface area contributed by atoms with Gasteiger partial charge in [0.25, 0.3) is 0 Å². The summed E-state index contributed by atoms with van der Waals surface area (Å²) in [7, 11) is 1.55. The molecule has 3 N–H and O–H groups in total. The van der Waals surface area contributed by atoms with Crippen molar-refractivity contribution in [3.63, 3.8) is 0 Å². The van der Waals surface area contributed by atoms with E-state index in [9.17, 15) is 9.59 Å². The number of aliphatic carboxylic acids is 1. The quantitative estimate of drug-likeness (QED) is 0.703. The smallest absolute Gasteiger partial charge is 0.328 e. The Morgan fingerprint density at radius 3 is 2.72 bits per heavy atom. The molecule has 8 heteroatoms. The van der Waals surface area contributed by atoms with Gasteiger partial charge in [-0.05, 0) is 6.92 Å². The second-order valence-electron chi connectivity index (χ2n) is 3.74. The number of rotatable bonds is 5. The maximum absolute atomic E-state index is 11.7. The number of hydrogen-bond acceptors (Lipinski definition) is 5. The van der Waals surface area contributed by atoms with Crippen molar-refractivity contribution >= 4 is 23.3 Å². The lowest BCUT2D eigenvalue weighted by atomic mass is 10.3. The summed E-state index contributed by atoms with van der Waals surface area (Å²) in [5.41, 5.74) is 2.53. The number of nitrogens with one attached hydrogen (secondary N) is 1. The summed E-state index contributed by atoms with van der Waals surface area (Å²) in [5, 5.41) is 19.7. The van der Waals surface area contributed by atoms with Crippen molar-refractivity contribution in [1.82, 2.24) is 15.2 Å². The van der Waals surface area contributed by atoms with E-state index in [2.05, 4.69) is 10.3 Å². The molecule has 1 aromatic heterocycles. The summed E-state index contributed by atoms with van der Waals surface area (Å²) in [5.74, 6) is -1.27. The van der Waals surface area contributed by atoms with Gasteiger partial charge < -0.3 is 20.4 Å². The third-order valence-corrected chi connectivity index (χ3v) is 3.27. The van der Waals surface area contributed by atoms with Crippen molar-refractivity contribution in [3.8, 4) is 0 Å². The van der Waals surface area contributed by atoms with Crippen LogP contribution in [0.2, 0.25) is 0 Å². The molecule has 1 rings (SSSR count). The SMILES string of the molecule is Cc1ncsc1CN(C)C(=O)N[C@H](CO)C(=O)O. The van der Waals surface area contributed by atoms with Gasteiger partial charge in [-0.2, -0.15) is 0 Å². The summed E-state index contributed by atoms with van der Waals surface area (Å²) >= 11 is 1.43. The monoisotopic (exact) mass is 273 g/mol. The van der Waals surface area contributed by atoms with Gasteiger partial charge in [-0.3, -0.25) is 0 Å². The third kappa shape index (κ3) is 3.67. The van der Waals surface area contributed by atoms with Crippen LogP contribution in [-0.2, 0) is 11.3 Å². The first-order valence-corrected chi connectivity index (χ1v) is 6.08. The van der Waals surface area contributed by atoms with E-state index in [1.54, 1.807) is 12.6 Å². The minimum atomic E-state index is -1.29. The van der Waals surface area contributed by atoms with E-state index in [0.717, 1.165) is 10.6 Å². The number of aliphatic hydroxyl groups is 1. The van der Waals surface area contributed by atoms with Gasteiger partial charge in [0.15, 0.2) is 6.04 Å². The van der Waals surface area contributed by atoms with E-state index in [1.807, 2.05) is 6.92 Å². The Morgan fingerprint density at radius 1 is 1.61 bits per heavy atom. The number of carboxylic acids is 1. The first-order valence-electron chi connectivity index (χ1n) is 5.20. The largest absolute Gasteiger partial charge is 0.480 e. The fourth-order valence-corrected chi connectivity index (χ4v) is 2.04. The summed E-state index contributed by atoms with van der Waals surface area (Å²) in [6.07, 6.45) is 0. The lowest BCUT2D eigenvalue weighted by Gasteiger charge is -2.20. The Kier molecular flexibility index (Phi) is 5.05. The van der Waals surface area contributed by atoms with Gasteiger partial charge in [0, 0.05) is 11.9 Å². The predicted molar refractivity (Wildman–Crippen MR) is 65.4 cm³/mol. The molecule has 1 aromatic rings. The van der Waals surface area contributed by atoms with Crippen molar-refractivity contribution in [2.75, 3.05) is 13.7 Å². The van der Waals surface area contributed by atoms with E-state index in [1.165, 1.54) is 16.2 Å². The number of amides is 2. The topological polar surface area (TPSA) is 103 Å². The molecule has 0 unspecified atom stereocenters. The molecule has 100 valence electrons. The molecule has 0 aromatic carbocycles. The van der Waals surface area contributed by atoms with Gasteiger partial charge >= 0.3 is 12.0 Å². The normalized spacial score (nSPS) is 11.9. The zero-order chi connectivity index (χ0) is 13.7. The maximum Gasteiger partial charge on any atom is 0.328 e. The van der Waals surface area contributed by atoms with Crippen LogP contribution in [0.15, 0.2) is 5.51 Å². The van der Waals surface area contributed by atoms with Crippen molar-refractivity contribution in [2.24, 2.45) is 0 Å². The van der Waals surface area contributed by atoms with E-state index >= 15 is 0 Å². The van der Waals surface area contributed by atoms with Crippen LogP contribution < -0.4 is 5.32 Å². The van der Waals surface area contributed by atoms with E-state index in [0.29, 0.717) is 6.54 Å². The van der Waals surface area contributed by atoms with Crippen LogP contribution >= 0.6 is 11.3 Å². The third-order valence-electron chi connectivity index (χ3n) is 2.35. The van der Waals surface area contributed by atoms with Crippen LogP contribution in [0.5, 0.6) is 0 Å². The number of nitrogens with zero attached hydrogens (tertiary/aromatic N) is 2. The highest BCUT2D eigenvalue weighted by molar-refractivity contribution is 7.09. The molecule has 1 heterocycles. The van der Waals surface area contributed by atoms with Crippen molar-refractivity contribution in [2.45, 2.75) is 19.5 Å². The Bertz CT molecular complexity index is 435. The molecule has 0 radical (unpaired) electrons. The molecular formula is C10H15N3O4S. The Hall–Kier alpha value is -1.67. The molecule has 0 aliphatic rings. The minimum absolute atomic E-state index is 0.347. The van der Waals surface area contributed by atoms with Crippen molar-refractivity contribution < 1.29 is 19.8 Å². The maximum atomic E-state index is 11.7. The second kappa shape index (κ2) is 6.31. The number of aryl methyl sites for hydroxylation is 1. The summed E-state index contributed by atoms with van der Waals surface area (Å²) in [6, 6.07) is -1.84. The molecule has 0 spiro atoms. The van der Waals surface area contributed by atoms with Crippen LogP contribution in [0, 0.1) is 6.92 Å². The van der Waals surface area contributed by atoms with E-state index in [-0.39, 0.29) is 0 Å². The van der Waals surface area contributed by atoms with Crippen molar-refractivity contribution in [3.05, 3.63) is 16.1 Å². The average molecular weight is 273 g/mol. The number of carbonyl (C=O) groups is 2. The number of urea groups is 1. The minimum Gasteiger partial charge on any atom is -0.480 e. The molecule has 1 atom stereocenters. The lowest BCUT2D eigenvalue weighted by Crippen LogP contribution is -2.48. The van der Waals surface area contributed by atoms with Crippen molar-refractivity contribution in [1.29, 1.82) is 0 Å². The molecule has 2 amide bonds. The average Bonchev–Trinajstić information content (AvgIpc) is 2.71. The zero-order valence-electron chi connectivity index (χ0n) is 10.1. The lowest BCUT2D eigenvalue weighted by molar-refractivity contribution is -0.140. The van der Waals surface area contributed by atoms with Gasteiger partial charge in [-0.1, -0.05) is 0 Å². The Morgan fingerprint density at radius 2 is 2.28 bits per heavy atom. The first-order chi connectivity index (χ1) is 8.45. The fraction of sp³-hybridized carbons (Fsp3) is 0.500. The standard InChI is InChI=1S/C10H15N3O4S/c1-6-8(18-5-11-6)3-13(2)10(17)12-7(4-14)9(15)16/h5,7,14H,3-4H2,1-2H3,(H,12,17)(H,15,16)/t7-/m1/s1. The number of aliphatic hydroxyl groups excluding tert-OH is 1. The molecule has 0 aliphatic heterocycles.